The molecule has 0 radical (unpaired) electrons. The van der Waals surface area contributed by atoms with Crippen LogP contribution >= 0.6 is 0 Å². The maximum atomic E-state index is 6.68. The summed E-state index contributed by atoms with van der Waals surface area (Å²) in [4.78, 5) is 9.98. The van der Waals surface area contributed by atoms with Gasteiger partial charge in [0.1, 0.15) is 17.0 Å². The Balaban J connectivity index is 1.12. The fraction of sp³-hybridized carbons (Fsp3) is 0.149. The maximum Gasteiger partial charge on any atom is 0.157 e. The van der Waals surface area contributed by atoms with Gasteiger partial charge in [-0.3, -0.25) is 4.99 Å². The number of furan rings is 1. The van der Waals surface area contributed by atoms with E-state index in [1.54, 1.807) is 0 Å². The summed E-state index contributed by atoms with van der Waals surface area (Å²) >= 11 is 0. The van der Waals surface area contributed by atoms with E-state index in [1.807, 2.05) is 60.7 Å². The Kier molecular flexibility index (Phi) is 7.01. The Morgan fingerprint density at radius 1 is 0.569 bits per heavy atom. The standard InChI is InChI=1S/C47H39N3O/c1-46(2)40-16-10-8-14-34(40)38-25-24-33-37(43(38)47(46,3)4)23-20-30-19-18-29(26-39(30)33)28-49-45(31-12-6-5-7-13-31)50-44(48)32-21-22-36-35-15-9-11-17-41(35)51-42(36)27-32/h5-27H,28H2,1-4H3,(H2,48,49,50). The molecule has 0 saturated carbocycles. The van der Waals surface area contributed by atoms with Crippen LogP contribution < -0.4 is 5.73 Å². The molecular formula is C47H39N3O. The van der Waals surface area contributed by atoms with Crippen LogP contribution in [0.2, 0.25) is 0 Å². The molecule has 8 aromatic rings. The van der Waals surface area contributed by atoms with E-state index >= 15 is 0 Å². The van der Waals surface area contributed by atoms with E-state index < -0.39 is 0 Å². The van der Waals surface area contributed by atoms with Crippen LogP contribution in [0.4, 0.5) is 0 Å². The molecule has 0 aliphatic heterocycles. The van der Waals surface area contributed by atoms with Crippen molar-refractivity contribution in [3.05, 3.63) is 167 Å². The maximum absolute atomic E-state index is 6.68. The summed E-state index contributed by atoms with van der Waals surface area (Å²) < 4.78 is 6.13. The third kappa shape index (κ3) is 4.89. The molecular weight excluding hydrogens is 623 g/mol. The molecule has 4 nitrogen and oxygen atoms in total. The first kappa shape index (κ1) is 31.0. The molecule has 1 aliphatic rings. The summed E-state index contributed by atoms with van der Waals surface area (Å²) in [5, 5.41) is 7.18. The van der Waals surface area contributed by atoms with Crippen LogP contribution in [0.25, 0.3) is 54.6 Å². The molecule has 51 heavy (non-hydrogen) atoms. The van der Waals surface area contributed by atoms with Crippen molar-refractivity contribution in [3.63, 3.8) is 0 Å². The molecule has 0 spiro atoms. The van der Waals surface area contributed by atoms with Gasteiger partial charge in [0.25, 0.3) is 0 Å². The zero-order chi connectivity index (χ0) is 34.9. The summed E-state index contributed by atoms with van der Waals surface area (Å²) in [6.07, 6.45) is 0. The highest BCUT2D eigenvalue weighted by atomic mass is 16.3. The van der Waals surface area contributed by atoms with Crippen LogP contribution in [0.3, 0.4) is 0 Å². The zero-order valence-electron chi connectivity index (χ0n) is 29.4. The van der Waals surface area contributed by atoms with Crippen LogP contribution in [0.15, 0.2) is 154 Å². The van der Waals surface area contributed by atoms with E-state index in [0.29, 0.717) is 18.2 Å². The molecule has 0 atom stereocenters. The molecule has 2 N–H and O–H groups in total. The van der Waals surface area contributed by atoms with Crippen LogP contribution in [0.5, 0.6) is 0 Å². The second-order valence-corrected chi connectivity index (χ2v) is 14.8. The molecule has 9 rings (SSSR count). The molecule has 7 aromatic carbocycles. The first-order valence-corrected chi connectivity index (χ1v) is 17.7. The number of para-hydroxylation sites is 1. The lowest BCUT2D eigenvalue weighted by molar-refractivity contribution is 0.301. The summed E-state index contributed by atoms with van der Waals surface area (Å²) in [6.45, 7) is 10.1. The van der Waals surface area contributed by atoms with Gasteiger partial charge in [-0.2, -0.15) is 0 Å². The number of hydrogen-bond acceptors (Lipinski definition) is 2. The minimum Gasteiger partial charge on any atom is -0.456 e. The van der Waals surface area contributed by atoms with Crippen LogP contribution in [0, 0.1) is 0 Å². The number of amidine groups is 2. The van der Waals surface area contributed by atoms with Gasteiger partial charge in [0.05, 0.1) is 6.54 Å². The van der Waals surface area contributed by atoms with Gasteiger partial charge < -0.3 is 10.2 Å². The molecule has 1 heterocycles. The lowest BCUT2D eigenvalue weighted by Crippen LogP contribution is -2.43. The third-order valence-electron chi connectivity index (χ3n) is 11.5. The second-order valence-electron chi connectivity index (χ2n) is 14.8. The summed E-state index contributed by atoms with van der Waals surface area (Å²) in [5.41, 5.74) is 16.5. The SMILES string of the molecule is CC1(C)c2ccccc2-c2ccc3c(ccc4ccc(CN=C(N=C(N)c5ccc6c(c5)oc5ccccc56)c5ccccc5)cc43)c2C1(C)C. The molecule has 0 fully saturated rings. The number of hydrogen-bond donors (Lipinski definition) is 1. The van der Waals surface area contributed by atoms with Crippen molar-refractivity contribution in [2.24, 2.45) is 15.7 Å². The summed E-state index contributed by atoms with van der Waals surface area (Å²) in [7, 11) is 0. The van der Waals surface area contributed by atoms with Crippen molar-refractivity contribution >= 4 is 55.2 Å². The van der Waals surface area contributed by atoms with E-state index in [4.69, 9.17) is 20.1 Å². The number of fused-ring (bicyclic) bond motifs is 10. The highest BCUT2D eigenvalue weighted by Gasteiger charge is 2.46. The Hall–Kier alpha value is -6.00. The third-order valence-corrected chi connectivity index (χ3v) is 11.5. The van der Waals surface area contributed by atoms with Crippen molar-refractivity contribution in [3.8, 4) is 11.1 Å². The van der Waals surface area contributed by atoms with Crippen molar-refractivity contribution < 1.29 is 4.42 Å². The number of rotatable bonds is 4. The van der Waals surface area contributed by atoms with Gasteiger partial charge >= 0.3 is 0 Å². The average Bonchev–Trinajstić information content (AvgIpc) is 3.53. The first-order valence-electron chi connectivity index (χ1n) is 17.7. The van der Waals surface area contributed by atoms with Crippen molar-refractivity contribution in [2.45, 2.75) is 45.1 Å². The molecule has 0 amide bonds. The van der Waals surface area contributed by atoms with E-state index in [9.17, 15) is 0 Å². The van der Waals surface area contributed by atoms with Gasteiger partial charge in [0.2, 0.25) is 0 Å². The monoisotopic (exact) mass is 661 g/mol. The predicted molar refractivity (Wildman–Crippen MR) is 214 cm³/mol. The van der Waals surface area contributed by atoms with Gasteiger partial charge in [0.15, 0.2) is 5.84 Å². The van der Waals surface area contributed by atoms with Gasteiger partial charge in [-0.05, 0) is 79.0 Å². The van der Waals surface area contributed by atoms with E-state index in [1.165, 1.54) is 43.8 Å². The number of aliphatic imine (C=N–C) groups is 2. The molecule has 4 heteroatoms. The first-order chi connectivity index (χ1) is 24.7. The molecule has 1 aliphatic carbocycles. The fourth-order valence-corrected chi connectivity index (χ4v) is 8.10. The number of benzene rings is 7. The molecule has 248 valence electrons. The fourth-order valence-electron chi connectivity index (χ4n) is 8.10. The predicted octanol–water partition coefficient (Wildman–Crippen LogP) is 11.5. The smallest absolute Gasteiger partial charge is 0.157 e. The number of nitrogens with zero attached hydrogens (tertiary/aromatic N) is 2. The molecule has 0 bridgehead atoms. The molecule has 1 aromatic heterocycles. The van der Waals surface area contributed by atoms with Crippen LogP contribution in [-0.2, 0) is 17.4 Å². The molecule has 0 saturated heterocycles. The highest BCUT2D eigenvalue weighted by Crippen LogP contribution is 2.55. The molecule has 0 unspecified atom stereocenters. The van der Waals surface area contributed by atoms with E-state index in [-0.39, 0.29) is 10.8 Å². The summed E-state index contributed by atoms with van der Waals surface area (Å²) in [5.74, 6) is 0.980. The van der Waals surface area contributed by atoms with Crippen LogP contribution in [-0.4, -0.2) is 11.7 Å². The Morgan fingerprint density at radius 3 is 2.14 bits per heavy atom. The van der Waals surface area contributed by atoms with E-state index in [0.717, 1.165) is 38.6 Å². The zero-order valence-corrected chi connectivity index (χ0v) is 29.4. The van der Waals surface area contributed by atoms with Gasteiger partial charge in [0, 0.05) is 27.3 Å². The van der Waals surface area contributed by atoms with Crippen LogP contribution in [0.1, 0.15) is 55.5 Å². The normalized spacial score (nSPS) is 15.4. The largest absolute Gasteiger partial charge is 0.456 e. The van der Waals surface area contributed by atoms with E-state index in [2.05, 4.69) is 107 Å². The second kappa shape index (κ2) is 11.5. The van der Waals surface area contributed by atoms with Crippen molar-refractivity contribution in [1.82, 2.24) is 0 Å². The van der Waals surface area contributed by atoms with Gasteiger partial charge in [-0.25, -0.2) is 4.99 Å². The van der Waals surface area contributed by atoms with Gasteiger partial charge in [-0.1, -0.05) is 143 Å². The average molecular weight is 662 g/mol. The van der Waals surface area contributed by atoms with Gasteiger partial charge in [-0.15, -0.1) is 0 Å². The minimum absolute atomic E-state index is 0.0373. The Morgan fingerprint density at radius 2 is 1.27 bits per heavy atom. The topological polar surface area (TPSA) is 63.9 Å². The lowest BCUT2D eigenvalue weighted by Gasteiger charge is -2.48. The van der Waals surface area contributed by atoms with Crippen molar-refractivity contribution in [2.75, 3.05) is 0 Å². The Labute approximate surface area is 298 Å². The minimum atomic E-state index is -0.0801. The summed E-state index contributed by atoms with van der Waals surface area (Å²) in [6, 6.07) is 49.0. The lowest BCUT2D eigenvalue weighted by atomic mass is 9.55. The quantitative estimate of drug-likeness (QED) is 0.116. The number of nitrogens with two attached hydrogens (primary N) is 1. The Bertz CT molecular complexity index is 2730. The van der Waals surface area contributed by atoms with Crippen molar-refractivity contribution in [1.29, 1.82) is 0 Å². The highest BCUT2D eigenvalue weighted by molar-refractivity contribution is 6.14.